The summed E-state index contributed by atoms with van der Waals surface area (Å²) in [5, 5.41) is 3.36. The molecule has 0 radical (unpaired) electrons. The second-order valence-electron chi connectivity index (χ2n) is 22.4. The zero-order valence-corrected chi connectivity index (χ0v) is 90.9. The van der Waals surface area contributed by atoms with E-state index in [0.717, 1.165) is 42.4 Å². The molecule has 2 fully saturated rings. The van der Waals surface area contributed by atoms with Gasteiger partial charge in [-0.15, -0.1) is 45.8 Å². The van der Waals surface area contributed by atoms with Crippen molar-refractivity contribution in [3.63, 3.8) is 0 Å². The van der Waals surface area contributed by atoms with E-state index in [1.165, 1.54) is 211 Å². The van der Waals surface area contributed by atoms with Gasteiger partial charge in [-0.1, -0.05) is 370 Å². The van der Waals surface area contributed by atoms with Crippen LogP contribution >= 0.6 is 45.8 Å². The number of aromatic amines is 2. The third-order valence-corrected chi connectivity index (χ3v) is 21.3. The number of hydrogen-bond donors (Lipinski definition) is 2. The molecule has 20 rings (SSSR count). The predicted octanol–water partition coefficient (Wildman–Crippen LogP) is 38.8. The maximum absolute atomic E-state index is 5.18. The van der Waals surface area contributed by atoms with Gasteiger partial charge in [0.2, 0.25) is 0 Å². The molecule has 122 heavy (non-hydrogen) atoms. The molecule has 9 aliphatic carbocycles. The summed E-state index contributed by atoms with van der Waals surface area (Å²) in [7, 11) is 0. The summed E-state index contributed by atoms with van der Waals surface area (Å²) in [6.45, 7) is 80.0. The minimum atomic E-state index is 0.956. The summed E-state index contributed by atoms with van der Waals surface area (Å²) >= 11 is 7.41. The first-order valence-electron chi connectivity index (χ1n) is 50.5. The number of imidazole rings is 1. The first-order chi connectivity index (χ1) is 60.7. The lowest BCUT2D eigenvalue weighted by Gasteiger charge is -2.04. The van der Waals surface area contributed by atoms with Crippen LogP contribution in [-0.4, -0.2) is 35.7 Å². The van der Waals surface area contributed by atoms with Crippen LogP contribution in [0.4, 0.5) is 0 Å². The van der Waals surface area contributed by atoms with Crippen LogP contribution in [0.25, 0.3) is 17.0 Å². The molecule has 0 bridgehead atoms. The maximum atomic E-state index is 5.18. The van der Waals surface area contributed by atoms with E-state index < -0.39 is 0 Å². The van der Waals surface area contributed by atoms with Crippen molar-refractivity contribution in [1.29, 1.82) is 0 Å². The number of benzene rings is 2. The number of nitrogens with zero attached hydrogens (tertiary/aromatic N) is 4. The summed E-state index contributed by atoms with van der Waals surface area (Å²) in [6, 6.07) is 24.9. The number of hydrogen-bond acceptors (Lipinski definition) is 11. The largest absolute Gasteiger partial charge is 0.469 e. The third kappa shape index (κ3) is 59.8. The lowest BCUT2D eigenvalue weighted by molar-refractivity contribution is 0.457. The molecule has 10 aliphatic rings. The van der Waals surface area contributed by atoms with Crippen LogP contribution in [0.1, 0.15) is 437 Å². The number of H-pyrrole nitrogens is 2. The Hall–Kier alpha value is -5.99. The molecule has 2 aromatic carbocycles. The molecule has 2 saturated carbocycles. The number of fused-ring (bicyclic) bond motifs is 10. The lowest BCUT2D eigenvalue weighted by atomic mass is 10.0. The standard InChI is InChI=1S/C9H8.C8H6O.C8H14.C7H9N.C7H8O.C7H8S.C6H8N2.C6H7NO.C6H7NS.C5H5NS2.20C2H6/c1-2-5-9-7-3-6-8(9)4-1;1-2-4-8-7(3-1)5-6-9-8;1-3-7-5-2-6-8(7)4-1;3*1-2-6-4-5-8-7(6)3-1;3*1-2-5-6(3-1)8-4-7-5;1-2-7-5-4(1)6-3-8-5;20*1-2/h1-6H,7H2;1-6H;7-8H,1-6H2;4-5,8H,1-3H2;2*4-5H,1-3H2;4H,1-3H2,(H,7,8);2*4H,1-3H2;3H,1-2H2;20*1-2H3. The van der Waals surface area contributed by atoms with Crippen LogP contribution in [0.3, 0.4) is 0 Å². The van der Waals surface area contributed by atoms with Crippen molar-refractivity contribution in [3.8, 4) is 0 Å². The van der Waals surface area contributed by atoms with Crippen molar-refractivity contribution in [2.75, 3.05) is 5.75 Å². The van der Waals surface area contributed by atoms with Gasteiger partial charge in [-0.3, -0.25) is 0 Å². The second kappa shape index (κ2) is 111. The molecule has 0 atom stereocenters. The summed E-state index contributed by atoms with van der Waals surface area (Å²) in [5.74, 6) is 5.91. The summed E-state index contributed by atoms with van der Waals surface area (Å²) in [5.41, 5.74) is 20.2. The Balaban J connectivity index is -0.000000137. The molecule has 0 unspecified atom stereocenters. The highest BCUT2D eigenvalue weighted by molar-refractivity contribution is 8.01. The van der Waals surface area contributed by atoms with Crippen LogP contribution in [0.2, 0.25) is 0 Å². The number of para-hydroxylation sites is 1. The first kappa shape index (κ1) is 137. The summed E-state index contributed by atoms with van der Waals surface area (Å²) < 4.78 is 16.8. The van der Waals surface area contributed by atoms with Gasteiger partial charge in [0, 0.05) is 57.7 Å². The minimum Gasteiger partial charge on any atom is -0.469 e. The maximum Gasteiger partial charge on any atom is 0.181 e. The highest BCUT2D eigenvalue weighted by atomic mass is 32.2. The molecule has 708 valence electrons. The Morgan fingerprint density at radius 1 is 0.328 bits per heavy atom. The van der Waals surface area contributed by atoms with Gasteiger partial charge < -0.3 is 23.2 Å². The van der Waals surface area contributed by atoms with Crippen molar-refractivity contribution in [2.24, 2.45) is 11.8 Å². The monoisotopic (exact) mass is 1770 g/mol. The van der Waals surface area contributed by atoms with Gasteiger partial charge in [-0.25, -0.2) is 19.9 Å². The molecule has 9 nitrogen and oxygen atoms in total. The normalized spacial score (nSPS) is 13.3. The van der Waals surface area contributed by atoms with Gasteiger partial charge in [0.25, 0.3) is 0 Å². The molecule has 13 heteroatoms. The van der Waals surface area contributed by atoms with E-state index in [1.807, 2.05) is 348 Å². The smallest absolute Gasteiger partial charge is 0.181 e. The number of rotatable bonds is 0. The van der Waals surface area contributed by atoms with Crippen LogP contribution in [0.5, 0.6) is 0 Å². The van der Waals surface area contributed by atoms with E-state index >= 15 is 0 Å². The van der Waals surface area contributed by atoms with Crippen LogP contribution in [0, 0.1) is 11.8 Å². The molecular formula is C109H200N6O3S4. The molecule has 0 saturated heterocycles. The fraction of sp³-hybridized carbons (Fsp3) is 0.633. The molecule has 1 aliphatic heterocycles. The van der Waals surface area contributed by atoms with Crippen LogP contribution in [0.15, 0.2) is 144 Å². The molecule has 10 aromatic rings. The minimum absolute atomic E-state index is 0.956. The molecule has 0 amide bonds. The number of furan rings is 2. The highest BCUT2D eigenvalue weighted by Crippen LogP contribution is 2.43. The SMILES string of the molecule is C1=Cc2ccccc2C1.C1CC2CCCC2C1.CC.CC.CC.CC.CC.CC.CC.CC.CC.CC.CC.CC.CC.CC.CC.CC.CC.CC.CC.CC.c1cc2c([nH]1)CCC2.c1cc2c(o1)CCC2.c1cc2c(s1)CCC2.c1ccc2occc2c1.c1nc2c([nH]1)CCC2.c1nc2c(o1)CCC2.c1nc2c(s1)CCC2.c1nc2c(s1)SCC2. The number of aromatic nitrogens is 6. The van der Waals surface area contributed by atoms with Crippen molar-refractivity contribution in [1.82, 2.24) is 29.9 Å². The average Bonchev–Trinajstić information content (AvgIpc) is 1.71. The van der Waals surface area contributed by atoms with Crippen molar-refractivity contribution >= 4 is 62.8 Å². The fourth-order valence-electron chi connectivity index (χ4n) is 12.7. The van der Waals surface area contributed by atoms with E-state index in [1.54, 1.807) is 77.7 Å². The Morgan fingerprint density at radius 2 is 0.811 bits per heavy atom. The first-order valence-corrected chi connectivity index (χ1v) is 54.1. The van der Waals surface area contributed by atoms with Gasteiger partial charge in [0.05, 0.1) is 56.9 Å². The van der Waals surface area contributed by atoms with E-state index in [4.69, 9.17) is 13.3 Å². The molecule has 0 spiro atoms. The molecule has 8 aromatic heterocycles. The topological polar surface area (TPSA) is 123 Å². The van der Waals surface area contributed by atoms with Gasteiger partial charge >= 0.3 is 0 Å². The van der Waals surface area contributed by atoms with Crippen LogP contribution < -0.4 is 0 Å². The number of thiophene rings is 1. The zero-order valence-electron chi connectivity index (χ0n) is 87.6. The summed E-state index contributed by atoms with van der Waals surface area (Å²) in [6.07, 6.45) is 47.4. The number of oxazole rings is 1. The summed E-state index contributed by atoms with van der Waals surface area (Å²) in [4.78, 5) is 26.1. The van der Waals surface area contributed by atoms with Crippen LogP contribution in [-0.2, 0) is 89.9 Å². The van der Waals surface area contributed by atoms with Gasteiger partial charge in [-0.2, -0.15) is 0 Å². The van der Waals surface area contributed by atoms with E-state index in [0.29, 0.717) is 0 Å². The Bertz CT molecular complexity index is 2880. The molecule has 9 heterocycles. The van der Waals surface area contributed by atoms with Gasteiger partial charge in [0.15, 0.2) is 6.39 Å². The molecule has 2 N–H and O–H groups in total. The number of allylic oxidation sites excluding steroid dienone is 1. The lowest BCUT2D eigenvalue weighted by Crippen LogP contribution is -1.95. The van der Waals surface area contributed by atoms with E-state index in [2.05, 4.69) is 89.9 Å². The van der Waals surface area contributed by atoms with Gasteiger partial charge in [-0.05, 0) is 185 Å². The zero-order chi connectivity index (χ0) is 95.4. The molecular weight excluding hydrogens is 1570 g/mol. The fourth-order valence-corrected chi connectivity index (χ4v) is 16.6. The number of aryl methyl sites for hydroxylation is 13. The number of nitrogens with one attached hydrogen (secondary N) is 2. The Morgan fingerprint density at radius 3 is 1.37 bits per heavy atom. The van der Waals surface area contributed by atoms with Gasteiger partial charge in [0.1, 0.15) is 17.1 Å². The Labute approximate surface area is 776 Å². The van der Waals surface area contributed by atoms with Crippen molar-refractivity contribution in [2.45, 2.75) is 448 Å². The average molecular weight is 1770 g/mol. The van der Waals surface area contributed by atoms with Crippen molar-refractivity contribution < 1.29 is 13.3 Å². The van der Waals surface area contributed by atoms with E-state index in [-0.39, 0.29) is 0 Å². The number of thiazole rings is 2. The second-order valence-corrected chi connectivity index (χ2v) is 26.6. The Kier molecular flexibility index (Phi) is 124. The quantitative estimate of drug-likeness (QED) is 0.154. The predicted molar refractivity (Wildman–Crippen MR) is 567 cm³/mol. The van der Waals surface area contributed by atoms with Crippen molar-refractivity contribution in [3.05, 3.63) is 210 Å². The van der Waals surface area contributed by atoms with E-state index in [9.17, 15) is 0 Å². The number of thioether (sulfide) groups is 1. The highest BCUT2D eigenvalue weighted by Gasteiger charge is 2.31. The third-order valence-electron chi connectivity index (χ3n) is 17.1.